The van der Waals surface area contributed by atoms with Gasteiger partial charge in [0.2, 0.25) is 11.8 Å². The summed E-state index contributed by atoms with van der Waals surface area (Å²) in [5.74, 6) is -1.55. The van der Waals surface area contributed by atoms with Gasteiger partial charge in [0.25, 0.3) is 5.91 Å². The summed E-state index contributed by atoms with van der Waals surface area (Å²) in [5, 5.41) is 11.6. The van der Waals surface area contributed by atoms with E-state index in [4.69, 9.17) is 5.11 Å². The van der Waals surface area contributed by atoms with Crippen LogP contribution < -0.4 is 5.32 Å². The Morgan fingerprint density at radius 2 is 1.68 bits per heavy atom. The van der Waals surface area contributed by atoms with Gasteiger partial charge in [-0.3, -0.25) is 24.1 Å². The number of imide groups is 1. The molecular weight excluding hydrogens is 324 g/mol. The minimum Gasteiger partial charge on any atom is -0.481 e. The van der Waals surface area contributed by atoms with E-state index in [-0.39, 0.29) is 43.5 Å². The van der Waals surface area contributed by atoms with Crippen LogP contribution in [0.3, 0.4) is 0 Å². The molecule has 0 radical (unpaired) electrons. The molecular formula is C18H22N2O5. The Labute approximate surface area is 146 Å². The van der Waals surface area contributed by atoms with Crippen molar-refractivity contribution in [2.45, 2.75) is 51.6 Å². The van der Waals surface area contributed by atoms with Crippen LogP contribution in [0, 0.1) is 0 Å². The lowest BCUT2D eigenvalue weighted by atomic mass is 9.97. The molecule has 1 heterocycles. The molecule has 1 aromatic carbocycles. The average molecular weight is 346 g/mol. The molecule has 1 saturated heterocycles. The fraction of sp³-hybridized carbons (Fsp3) is 0.444. The van der Waals surface area contributed by atoms with Crippen molar-refractivity contribution < 1.29 is 24.3 Å². The largest absolute Gasteiger partial charge is 0.481 e. The maximum Gasteiger partial charge on any atom is 0.303 e. The van der Waals surface area contributed by atoms with Crippen LogP contribution in [-0.4, -0.2) is 39.2 Å². The number of carboxylic acid groups (broad SMARTS) is 1. The van der Waals surface area contributed by atoms with Gasteiger partial charge in [0.05, 0.1) is 6.54 Å². The van der Waals surface area contributed by atoms with Gasteiger partial charge >= 0.3 is 5.97 Å². The summed E-state index contributed by atoms with van der Waals surface area (Å²) in [5.41, 5.74) is 0.569. The summed E-state index contributed by atoms with van der Waals surface area (Å²) in [6, 6.07) is 6.67. The van der Waals surface area contributed by atoms with Crippen LogP contribution in [0.1, 0.15) is 55.5 Å². The van der Waals surface area contributed by atoms with Crippen LogP contribution in [0.15, 0.2) is 24.3 Å². The average Bonchev–Trinajstić information content (AvgIpc) is 2.85. The minimum atomic E-state index is -0.905. The fourth-order valence-electron chi connectivity index (χ4n) is 2.60. The zero-order valence-corrected chi connectivity index (χ0v) is 14.4. The molecule has 25 heavy (non-hydrogen) atoms. The lowest BCUT2D eigenvalue weighted by Gasteiger charge is -2.25. The summed E-state index contributed by atoms with van der Waals surface area (Å²) in [6.07, 6.45) is 0.810. The summed E-state index contributed by atoms with van der Waals surface area (Å²) in [4.78, 5) is 47.4. The Kier molecular flexibility index (Phi) is 5.56. The summed E-state index contributed by atoms with van der Waals surface area (Å²) in [6.45, 7) is 3.75. The molecule has 2 N–H and O–H groups in total. The predicted molar refractivity (Wildman–Crippen MR) is 89.6 cm³/mol. The number of benzene rings is 1. The van der Waals surface area contributed by atoms with Gasteiger partial charge < -0.3 is 10.4 Å². The van der Waals surface area contributed by atoms with E-state index in [1.165, 1.54) is 4.90 Å². The third kappa shape index (κ3) is 5.14. The first-order valence-corrected chi connectivity index (χ1v) is 8.14. The molecule has 134 valence electrons. The van der Waals surface area contributed by atoms with E-state index >= 15 is 0 Å². The Hall–Kier alpha value is -2.70. The summed E-state index contributed by atoms with van der Waals surface area (Å²) >= 11 is 0. The van der Waals surface area contributed by atoms with Crippen LogP contribution in [0.25, 0.3) is 0 Å². The third-order valence-electron chi connectivity index (χ3n) is 4.13. The Morgan fingerprint density at radius 3 is 2.20 bits per heavy atom. The molecule has 0 bridgehead atoms. The van der Waals surface area contributed by atoms with Crippen molar-refractivity contribution in [1.29, 1.82) is 0 Å². The second kappa shape index (κ2) is 7.46. The quantitative estimate of drug-likeness (QED) is 0.732. The first-order chi connectivity index (χ1) is 11.7. The summed E-state index contributed by atoms with van der Waals surface area (Å²) in [7, 11) is 0. The highest BCUT2D eigenvalue weighted by Gasteiger charge is 2.28. The fourth-order valence-corrected chi connectivity index (χ4v) is 2.60. The summed E-state index contributed by atoms with van der Waals surface area (Å²) < 4.78 is 0. The van der Waals surface area contributed by atoms with Gasteiger partial charge in [-0.1, -0.05) is 12.1 Å². The molecule has 3 amide bonds. The van der Waals surface area contributed by atoms with Crippen LogP contribution in [0.5, 0.6) is 0 Å². The molecule has 7 heteroatoms. The molecule has 0 aliphatic carbocycles. The van der Waals surface area contributed by atoms with Crippen molar-refractivity contribution in [3.63, 3.8) is 0 Å². The number of likely N-dealkylation sites (tertiary alicyclic amines) is 1. The maximum absolute atomic E-state index is 12.3. The van der Waals surface area contributed by atoms with E-state index in [9.17, 15) is 19.2 Å². The van der Waals surface area contributed by atoms with Crippen molar-refractivity contribution >= 4 is 23.7 Å². The molecule has 0 unspecified atom stereocenters. The van der Waals surface area contributed by atoms with Gasteiger partial charge in [-0.05, 0) is 38.0 Å². The monoisotopic (exact) mass is 346 g/mol. The maximum atomic E-state index is 12.3. The van der Waals surface area contributed by atoms with Crippen molar-refractivity contribution in [2.24, 2.45) is 0 Å². The molecule has 2 rings (SSSR count). The highest BCUT2D eigenvalue weighted by atomic mass is 16.4. The zero-order chi connectivity index (χ0) is 18.6. The molecule has 1 fully saturated rings. The Balaban J connectivity index is 1.97. The number of hydrogen-bond donors (Lipinski definition) is 2. The standard InChI is InChI=1S/C18H22N2O5/c1-18(2,10-9-16(23)24)19-17(25)13-5-3-12(4-6-13)11-20-14(21)7-8-15(20)22/h3-6H,7-11H2,1-2H3,(H,19,25)(H,23,24). The van der Waals surface area contributed by atoms with Crippen molar-refractivity contribution in [2.75, 3.05) is 0 Å². The van der Waals surface area contributed by atoms with E-state index in [0.717, 1.165) is 5.56 Å². The zero-order valence-electron chi connectivity index (χ0n) is 14.4. The molecule has 0 atom stereocenters. The van der Waals surface area contributed by atoms with Crippen LogP contribution in [0.2, 0.25) is 0 Å². The highest BCUT2D eigenvalue weighted by Crippen LogP contribution is 2.17. The van der Waals surface area contributed by atoms with Gasteiger partial charge in [0.1, 0.15) is 0 Å². The van der Waals surface area contributed by atoms with Gasteiger partial charge in [0.15, 0.2) is 0 Å². The van der Waals surface area contributed by atoms with Crippen LogP contribution in [-0.2, 0) is 20.9 Å². The molecule has 1 aromatic rings. The highest BCUT2D eigenvalue weighted by molar-refractivity contribution is 6.01. The van der Waals surface area contributed by atoms with Gasteiger partial charge in [-0.2, -0.15) is 0 Å². The van der Waals surface area contributed by atoms with Crippen LogP contribution >= 0.6 is 0 Å². The molecule has 7 nitrogen and oxygen atoms in total. The topological polar surface area (TPSA) is 104 Å². The normalized spacial score (nSPS) is 14.7. The molecule has 1 aliphatic rings. The molecule has 1 aliphatic heterocycles. The van der Waals surface area contributed by atoms with E-state index in [1.54, 1.807) is 38.1 Å². The molecule has 0 saturated carbocycles. The number of carbonyl (C=O) groups is 4. The smallest absolute Gasteiger partial charge is 0.303 e. The van der Waals surface area contributed by atoms with Crippen molar-refractivity contribution in [1.82, 2.24) is 10.2 Å². The van der Waals surface area contributed by atoms with Gasteiger partial charge in [-0.25, -0.2) is 0 Å². The number of rotatable bonds is 7. The van der Waals surface area contributed by atoms with E-state index in [1.807, 2.05) is 0 Å². The van der Waals surface area contributed by atoms with Gasteiger partial charge in [0, 0.05) is 30.4 Å². The first kappa shape index (κ1) is 18.6. The minimum absolute atomic E-state index is 0.0237. The predicted octanol–water partition coefficient (Wildman–Crippen LogP) is 1.71. The lowest BCUT2D eigenvalue weighted by Crippen LogP contribution is -2.43. The molecule has 0 aromatic heterocycles. The first-order valence-electron chi connectivity index (χ1n) is 8.14. The van der Waals surface area contributed by atoms with Gasteiger partial charge in [-0.15, -0.1) is 0 Å². The number of carbonyl (C=O) groups excluding carboxylic acids is 3. The number of carboxylic acids is 1. The van der Waals surface area contributed by atoms with E-state index in [2.05, 4.69) is 5.32 Å². The van der Waals surface area contributed by atoms with E-state index in [0.29, 0.717) is 12.0 Å². The number of nitrogens with zero attached hydrogens (tertiary/aromatic N) is 1. The number of aliphatic carboxylic acids is 1. The molecule has 0 spiro atoms. The SMILES string of the molecule is CC(C)(CCC(=O)O)NC(=O)c1ccc(CN2C(=O)CCC2=O)cc1. The number of amides is 3. The van der Waals surface area contributed by atoms with Crippen molar-refractivity contribution in [3.8, 4) is 0 Å². The second-order valence-corrected chi connectivity index (χ2v) is 6.80. The number of hydrogen-bond acceptors (Lipinski definition) is 4. The van der Waals surface area contributed by atoms with Crippen LogP contribution in [0.4, 0.5) is 0 Å². The van der Waals surface area contributed by atoms with E-state index < -0.39 is 11.5 Å². The Bertz CT molecular complexity index is 678. The van der Waals surface area contributed by atoms with Crippen molar-refractivity contribution in [3.05, 3.63) is 35.4 Å². The third-order valence-corrected chi connectivity index (χ3v) is 4.13. The lowest BCUT2D eigenvalue weighted by molar-refractivity contribution is -0.139. The number of nitrogens with one attached hydrogen (secondary N) is 1. The Morgan fingerprint density at radius 1 is 1.12 bits per heavy atom. The second-order valence-electron chi connectivity index (χ2n) is 6.80.